The van der Waals surface area contributed by atoms with E-state index in [2.05, 4.69) is 26.6 Å². The lowest BCUT2D eigenvalue weighted by Crippen LogP contribution is -2.25. The quantitative estimate of drug-likeness (QED) is 0.867. The van der Waals surface area contributed by atoms with Crippen LogP contribution in [0, 0.1) is 0 Å². The number of rotatable bonds is 5. The van der Waals surface area contributed by atoms with Crippen LogP contribution in [0.25, 0.3) is 0 Å². The molecule has 0 unspecified atom stereocenters. The number of anilines is 1. The second-order valence-electron chi connectivity index (χ2n) is 3.28. The van der Waals surface area contributed by atoms with Gasteiger partial charge in [0.2, 0.25) is 5.91 Å². The third kappa shape index (κ3) is 3.59. The van der Waals surface area contributed by atoms with E-state index in [1.165, 1.54) is 0 Å². The highest BCUT2D eigenvalue weighted by Gasteiger charge is 2.08. The molecule has 0 saturated heterocycles. The van der Waals surface area contributed by atoms with E-state index in [1.54, 1.807) is 14.2 Å². The Balaban J connectivity index is 2.85. The average Bonchev–Trinajstić information content (AvgIpc) is 2.23. The molecule has 4 nitrogen and oxygen atoms in total. The van der Waals surface area contributed by atoms with Crippen molar-refractivity contribution >= 4 is 27.5 Å². The van der Waals surface area contributed by atoms with Crippen molar-refractivity contribution in [2.24, 2.45) is 0 Å². The van der Waals surface area contributed by atoms with Gasteiger partial charge >= 0.3 is 0 Å². The van der Waals surface area contributed by atoms with E-state index in [4.69, 9.17) is 4.74 Å². The Morgan fingerprint density at radius 1 is 1.50 bits per heavy atom. The monoisotopic (exact) mass is 286 g/mol. The number of amides is 1. The van der Waals surface area contributed by atoms with Gasteiger partial charge in [0.15, 0.2) is 0 Å². The highest BCUT2D eigenvalue weighted by atomic mass is 79.9. The van der Waals surface area contributed by atoms with Crippen LogP contribution in [0.4, 0.5) is 5.69 Å². The van der Waals surface area contributed by atoms with Crippen molar-refractivity contribution in [2.75, 3.05) is 26.0 Å². The van der Waals surface area contributed by atoms with Gasteiger partial charge < -0.3 is 15.4 Å². The van der Waals surface area contributed by atoms with Crippen LogP contribution in [0.1, 0.15) is 5.56 Å². The Hall–Kier alpha value is -0.910. The van der Waals surface area contributed by atoms with Crippen LogP contribution >= 0.6 is 15.9 Å². The van der Waals surface area contributed by atoms with E-state index < -0.39 is 0 Å². The molecule has 1 rings (SSSR count). The van der Waals surface area contributed by atoms with Gasteiger partial charge in [-0.25, -0.2) is 0 Å². The summed E-state index contributed by atoms with van der Waals surface area (Å²) in [4.78, 5) is 11.5. The number of nitrogens with one attached hydrogen (secondary N) is 2. The van der Waals surface area contributed by atoms with E-state index >= 15 is 0 Å². The van der Waals surface area contributed by atoms with Gasteiger partial charge in [0.25, 0.3) is 0 Å². The summed E-state index contributed by atoms with van der Waals surface area (Å²) in [5.41, 5.74) is 1.71. The topological polar surface area (TPSA) is 50.4 Å². The number of carbonyl (C=O) groups excluding carboxylic acids is 1. The van der Waals surface area contributed by atoms with Crippen molar-refractivity contribution in [3.05, 3.63) is 28.2 Å². The number of ether oxygens (including phenoxy) is 1. The summed E-state index contributed by atoms with van der Waals surface area (Å²) in [5.74, 6) is -0.0713. The number of methoxy groups -OCH3 is 1. The van der Waals surface area contributed by atoms with Crippen LogP contribution in [0.15, 0.2) is 22.7 Å². The van der Waals surface area contributed by atoms with Gasteiger partial charge in [-0.05, 0) is 19.2 Å². The Kier molecular flexibility index (Phi) is 5.45. The van der Waals surface area contributed by atoms with E-state index in [9.17, 15) is 4.79 Å². The third-order valence-corrected chi connectivity index (χ3v) is 2.76. The first kappa shape index (κ1) is 13.2. The molecule has 0 heterocycles. The molecule has 0 aliphatic heterocycles. The maximum atomic E-state index is 11.5. The van der Waals surface area contributed by atoms with E-state index in [1.807, 2.05) is 18.2 Å². The second-order valence-corrected chi connectivity index (χ2v) is 4.13. The summed E-state index contributed by atoms with van der Waals surface area (Å²) in [7, 11) is 3.36. The van der Waals surface area contributed by atoms with Gasteiger partial charge in [-0.3, -0.25) is 4.79 Å². The highest BCUT2D eigenvalue weighted by molar-refractivity contribution is 9.10. The zero-order valence-corrected chi connectivity index (χ0v) is 10.9. The van der Waals surface area contributed by atoms with Crippen LogP contribution in [0.2, 0.25) is 0 Å². The molecular weight excluding hydrogens is 272 g/mol. The van der Waals surface area contributed by atoms with Gasteiger partial charge in [0, 0.05) is 22.8 Å². The summed E-state index contributed by atoms with van der Waals surface area (Å²) in [6.07, 6.45) is 0. The van der Waals surface area contributed by atoms with Gasteiger partial charge in [0.05, 0.1) is 13.2 Å². The summed E-state index contributed by atoms with van der Waals surface area (Å²) in [5, 5.41) is 5.62. The molecule has 88 valence electrons. The zero-order chi connectivity index (χ0) is 12.0. The van der Waals surface area contributed by atoms with Gasteiger partial charge in [-0.1, -0.05) is 22.0 Å². The van der Waals surface area contributed by atoms with E-state index in [0.29, 0.717) is 13.2 Å². The molecule has 0 spiro atoms. The van der Waals surface area contributed by atoms with Crippen LogP contribution < -0.4 is 10.6 Å². The molecule has 0 aromatic heterocycles. The Morgan fingerprint density at radius 2 is 2.25 bits per heavy atom. The predicted molar refractivity (Wildman–Crippen MR) is 67.4 cm³/mol. The molecule has 0 atom stereocenters. The van der Waals surface area contributed by atoms with Crippen molar-refractivity contribution in [1.82, 2.24) is 5.32 Å². The van der Waals surface area contributed by atoms with Crippen LogP contribution in [-0.2, 0) is 16.1 Å². The number of benzene rings is 1. The molecule has 5 heteroatoms. The fraction of sp³-hybridized carbons (Fsp3) is 0.364. The molecule has 0 aliphatic rings. The lowest BCUT2D eigenvalue weighted by atomic mass is 10.2. The normalized spacial score (nSPS) is 10.2. The van der Waals surface area contributed by atoms with Gasteiger partial charge in [-0.2, -0.15) is 0 Å². The first-order valence-corrected chi connectivity index (χ1v) is 5.69. The molecular formula is C11H15BrN2O2. The van der Waals surface area contributed by atoms with Crippen LogP contribution in [0.5, 0.6) is 0 Å². The number of likely N-dealkylation sites (N-methyl/N-ethyl adjacent to an activating group) is 1. The summed E-state index contributed by atoms with van der Waals surface area (Å²) < 4.78 is 6.02. The molecule has 1 amide bonds. The van der Waals surface area contributed by atoms with Crippen molar-refractivity contribution in [1.29, 1.82) is 0 Å². The summed E-state index contributed by atoms with van der Waals surface area (Å²) in [6.45, 7) is 0.746. The molecule has 0 saturated carbocycles. The number of hydrogen-bond donors (Lipinski definition) is 2. The van der Waals surface area contributed by atoms with Crippen LogP contribution in [-0.4, -0.2) is 26.6 Å². The minimum absolute atomic E-state index is 0.0713. The fourth-order valence-corrected chi connectivity index (χ4v) is 1.80. The zero-order valence-electron chi connectivity index (χ0n) is 9.34. The molecule has 16 heavy (non-hydrogen) atoms. The smallest absolute Gasteiger partial charge is 0.238 e. The Morgan fingerprint density at radius 3 is 2.88 bits per heavy atom. The molecule has 1 aromatic rings. The maximum Gasteiger partial charge on any atom is 0.238 e. The number of halogens is 1. The molecule has 1 aromatic carbocycles. The van der Waals surface area contributed by atoms with Gasteiger partial charge in [-0.15, -0.1) is 0 Å². The molecule has 0 bridgehead atoms. The average molecular weight is 287 g/mol. The van der Waals surface area contributed by atoms with Crippen molar-refractivity contribution in [3.63, 3.8) is 0 Å². The lowest BCUT2D eigenvalue weighted by Gasteiger charge is -2.12. The van der Waals surface area contributed by atoms with Crippen molar-refractivity contribution in [3.8, 4) is 0 Å². The molecule has 0 fully saturated rings. The third-order valence-electron chi connectivity index (χ3n) is 2.02. The summed E-state index contributed by atoms with van der Waals surface area (Å²) in [6, 6.07) is 5.65. The second kappa shape index (κ2) is 6.62. The predicted octanol–water partition coefficient (Wildman–Crippen LogP) is 1.75. The minimum Gasteiger partial charge on any atom is -0.380 e. The Labute approximate surface area is 103 Å². The Bertz CT molecular complexity index is 369. The van der Waals surface area contributed by atoms with Crippen molar-refractivity contribution in [2.45, 2.75) is 6.61 Å². The van der Waals surface area contributed by atoms with E-state index in [0.717, 1.165) is 15.7 Å². The first-order chi connectivity index (χ1) is 7.69. The fourth-order valence-electron chi connectivity index (χ4n) is 1.32. The van der Waals surface area contributed by atoms with E-state index in [-0.39, 0.29) is 5.91 Å². The van der Waals surface area contributed by atoms with Crippen LogP contribution in [0.3, 0.4) is 0 Å². The largest absolute Gasteiger partial charge is 0.380 e. The SMILES string of the molecule is CNCC(=O)Nc1cccc(Br)c1COC. The summed E-state index contributed by atoms with van der Waals surface area (Å²) >= 11 is 3.43. The number of hydrogen-bond acceptors (Lipinski definition) is 3. The van der Waals surface area contributed by atoms with Gasteiger partial charge in [0.1, 0.15) is 0 Å². The highest BCUT2D eigenvalue weighted by Crippen LogP contribution is 2.25. The lowest BCUT2D eigenvalue weighted by molar-refractivity contribution is -0.115. The maximum absolute atomic E-state index is 11.5. The minimum atomic E-state index is -0.0713. The molecule has 0 radical (unpaired) electrons. The number of carbonyl (C=O) groups is 1. The molecule has 2 N–H and O–H groups in total. The standard InChI is InChI=1S/C11H15BrN2O2/c1-13-6-11(15)14-10-5-3-4-9(12)8(10)7-16-2/h3-5,13H,6-7H2,1-2H3,(H,14,15). The molecule has 0 aliphatic carbocycles. The first-order valence-electron chi connectivity index (χ1n) is 4.89. The van der Waals surface area contributed by atoms with Crippen molar-refractivity contribution < 1.29 is 9.53 Å².